The summed E-state index contributed by atoms with van der Waals surface area (Å²) in [5.41, 5.74) is 1.07. The van der Waals surface area contributed by atoms with Gasteiger partial charge in [0.15, 0.2) is 6.10 Å². The number of likely N-dealkylation sites (tertiary alicyclic amines) is 1. The molecule has 1 aromatic heterocycles. The maximum Gasteiger partial charge on any atom is 0.334 e. The first kappa shape index (κ1) is 17.3. The van der Waals surface area contributed by atoms with Gasteiger partial charge in [-0.05, 0) is 50.9 Å². The average Bonchev–Trinajstić information content (AvgIpc) is 3.02. The Morgan fingerprint density at radius 3 is 2.79 bits per heavy atom. The number of rotatable bonds is 5. The number of esters is 1. The average molecular weight is 348 g/mol. The summed E-state index contributed by atoms with van der Waals surface area (Å²) in [4.78, 5) is 18.6. The molecule has 2 atom stereocenters. The minimum Gasteiger partial charge on any atom is -0.467 e. The van der Waals surface area contributed by atoms with E-state index < -0.39 is 12.1 Å². The Balaban J connectivity index is 1.55. The van der Waals surface area contributed by atoms with E-state index in [1.165, 1.54) is 16.8 Å². The van der Waals surface area contributed by atoms with E-state index in [2.05, 4.69) is 28.7 Å². The number of hydrogen-bond acceptors (Lipinski definition) is 6. The molecular weight excluding hydrogens is 324 g/mol. The van der Waals surface area contributed by atoms with E-state index in [1.807, 2.05) is 12.1 Å². The summed E-state index contributed by atoms with van der Waals surface area (Å²) in [5, 5.41) is 11.1. The molecule has 6 heteroatoms. The number of nitrogens with zero attached hydrogens (tertiary/aromatic N) is 2. The topological polar surface area (TPSA) is 62.7 Å². The van der Waals surface area contributed by atoms with Crippen LogP contribution in [0.1, 0.15) is 24.8 Å². The molecule has 5 nitrogen and oxygen atoms in total. The van der Waals surface area contributed by atoms with Crippen LogP contribution in [0.25, 0.3) is 10.2 Å². The van der Waals surface area contributed by atoms with Gasteiger partial charge in [0.2, 0.25) is 0 Å². The highest BCUT2D eigenvalue weighted by atomic mass is 32.1. The van der Waals surface area contributed by atoms with Gasteiger partial charge < -0.3 is 14.7 Å². The zero-order valence-electron chi connectivity index (χ0n) is 14.1. The van der Waals surface area contributed by atoms with Crippen LogP contribution in [0.4, 0.5) is 0 Å². The fourth-order valence-corrected chi connectivity index (χ4v) is 4.47. The lowest BCUT2D eigenvalue weighted by Gasteiger charge is -2.36. The van der Waals surface area contributed by atoms with Crippen LogP contribution in [-0.4, -0.2) is 53.3 Å². The first-order valence-electron chi connectivity index (χ1n) is 8.43. The molecule has 1 aliphatic rings. The third kappa shape index (κ3) is 3.77. The summed E-state index contributed by atoms with van der Waals surface area (Å²) in [7, 11) is 1.32. The molecule has 0 spiro atoms. The molecule has 2 unspecified atom stereocenters. The molecule has 1 fully saturated rings. The van der Waals surface area contributed by atoms with Gasteiger partial charge in [0.05, 0.1) is 22.3 Å². The van der Waals surface area contributed by atoms with E-state index in [0.717, 1.165) is 37.9 Å². The number of para-hydroxylation sites is 1. The molecular formula is C18H24N2O3S. The molecule has 0 aliphatic carbocycles. The third-order valence-corrected chi connectivity index (χ3v) is 5.95. The quantitative estimate of drug-likeness (QED) is 0.841. The maximum absolute atomic E-state index is 11.5. The van der Waals surface area contributed by atoms with Crippen molar-refractivity contribution in [3.05, 3.63) is 29.3 Å². The summed E-state index contributed by atoms with van der Waals surface area (Å²) in [6.07, 6.45) is 1.58. The van der Waals surface area contributed by atoms with Crippen molar-refractivity contribution in [3.63, 3.8) is 0 Å². The first-order chi connectivity index (χ1) is 11.6. The lowest BCUT2D eigenvalue weighted by molar-refractivity contribution is -0.154. The number of carbonyl (C=O) groups is 1. The van der Waals surface area contributed by atoms with Crippen LogP contribution >= 0.6 is 11.3 Å². The monoisotopic (exact) mass is 348 g/mol. The smallest absolute Gasteiger partial charge is 0.334 e. The van der Waals surface area contributed by atoms with Gasteiger partial charge in [-0.25, -0.2) is 9.78 Å². The normalized spacial score (nSPS) is 19.3. The lowest BCUT2D eigenvalue weighted by atomic mass is 9.90. The fourth-order valence-electron chi connectivity index (χ4n) is 3.38. The largest absolute Gasteiger partial charge is 0.467 e. The van der Waals surface area contributed by atoms with Gasteiger partial charge in [0.25, 0.3) is 0 Å². The zero-order valence-corrected chi connectivity index (χ0v) is 15.0. The van der Waals surface area contributed by atoms with E-state index in [4.69, 9.17) is 4.98 Å². The number of ether oxygens (including phenoxy) is 1. The van der Waals surface area contributed by atoms with Gasteiger partial charge in [0, 0.05) is 12.5 Å². The molecule has 0 radical (unpaired) electrons. The molecule has 2 aromatic rings. The molecule has 0 bridgehead atoms. The minimum atomic E-state index is -0.989. The van der Waals surface area contributed by atoms with E-state index in [1.54, 1.807) is 11.3 Å². The standard InChI is InChI=1S/C18H24N2O3S/c1-12(11-16-19-14-5-3-4-6-15(14)24-16)20-9-7-13(8-10-20)17(21)18(22)23-2/h3-6,12-13,17,21H,7-11H2,1-2H3. The van der Waals surface area contributed by atoms with E-state index in [0.29, 0.717) is 6.04 Å². The number of aliphatic hydroxyl groups excluding tert-OH is 1. The second kappa shape index (κ2) is 7.59. The first-order valence-corrected chi connectivity index (χ1v) is 9.24. The van der Waals surface area contributed by atoms with Gasteiger partial charge in [0.1, 0.15) is 0 Å². The van der Waals surface area contributed by atoms with Crippen molar-refractivity contribution in [2.24, 2.45) is 5.92 Å². The Morgan fingerprint density at radius 1 is 1.42 bits per heavy atom. The van der Waals surface area contributed by atoms with Crippen LogP contribution in [0.5, 0.6) is 0 Å². The molecule has 1 aromatic carbocycles. The Kier molecular flexibility index (Phi) is 5.48. The Bertz CT molecular complexity index is 661. The fraction of sp³-hybridized carbons (Fsp3) is 0.556. The molecule has 130 valence electrons. The SMILES string of the molecule is COC(=O)C(O)C1CCN(C(C)Cc2nc3ccccc3s2)CC1. The molecule has 1 aliphatic heterocycles. The van der Waals surface area contributed by atoms with Gasteiger partial charge in [-0.15, -0.1) is 11.3 Å². The van der Waals surface area contributed by atoms with Gasteiger partial charge in [-0.3, -0.25) is 0 Å². The molecule has 3 rings (SSSR count). The van der Waals surface area contributed by atoms with E-state index in [9.17, 15) is 9.90 Å². The highest BCUT2D eigenvalue weighted by molar-refractivity contribution is 7.18. The van der Waals surface area contributed by atoms with Crippen molar-refractivity contribution >= 4 is 27.5 Å². The molecule has 1 N–H and O–H groups in total. The van der Waals surface area contributed by atoms with Gasteiger partial charge in [-0.1, -0.05) is 12.1 Å². The maximum atomic E-state index is 11.5. The molecule has 0 amide bonds. The summed E-state index contributed by atoms with van der Waals surface area (Å²) in [6, 6.07) is 8.64. The van der Waals surface area contributed by atoms with Crippen LogP contribution in [0.15, 0.2) is 24.3 Å². The molecule has 24 heavy (non-hydrogen) atoms. The van der Waals surface area contributed by atoms with Crippen LogP contribution in [0.2, 0.25) is 0 Å². The van der Waals surface area contributed by atoms with Gasteiger partial charge in [-0.2, -0.15) is 0 Å². The summed E-state index contributed by atoms with van der Waals surface area (Å²) in [5.74, 6) is -0.515. The second-order valence-corrected chi connectivity index (χ2v) is 7.59. The number of aromatic nitrogens is 1. The number of methoxy groups -OCH3 is 1. The zero-order chi connectivity index (χ0) is 17.1. The number of fused-ring (bicyclic) bond motifs is 1. The molecule has 0 saturated carbocycles. The lowest BCUT2D eigenvalue weighted by Crippen LogP contribution is -2.44. The minimum absolute atomic E-state index is 0.00310. The molecule has 1 saturated heterocycles. The number of carbonyl (C=O) groups excluding carboxylic acids is 1. The van der Waals surface area contributed by atoms with Crippen molar-refractivity contribution < 1.29 is 14.6 Å². The Morgan fingerprint density at radius 2 is 2.12 bits per heavy atom. The number of hydrogen-bond donors (Lipinski definition) is 1. The molecule has 2 heterocycles. The van der Waals surface area contributed by atoms with Crippen molar-refractivity contribution in [1.29, 1.82) is 0 Å². The van der Waals surface area contributed by atoms with Crippen molar-refractivity contribution in [3.8, 4) is 0 Å². The van der Waals surface area contributed by atoms with Crippen LogP contribution < -0.4 is 0 Å². The highest BCUT2D eigenvalue weighted by Gasteiger charge is 2.31. The number of aliphatic hydroxyl groups is 1. The predicted octanol–water partition coefficient (Wildman–Crippen LogP) is 2.47. The number of benzene rings is 1. The predicted molar refractivity (Wildman–Crippen MR) is 95.1 cm³/mol. The van der Waals surface area contributed by atoms with E-state index in [-0.39, 0.29) is 5.92 Å². The van der Waals surface area contributed by atoms with E-state index >= 15 is 0 Å². The summed E-state index contributed by atoms with van der Waals surface area (Å²) >= 11 is 1.76. The van der Waals surface area contributed by atoms with Crippen LogP contribution in [-0.2, 0) is 16.0 Å². The van der Waals surface area contributed by atoms with Crippen molar-refractivity contribution in [1.82, 2.24) is 9.88 Å². The summed E-state index contributed by atoms with van der Waals surface area (Å²) < 4.78 is 5.87. The van der Waals surface area contributed by atoms with Crippen molar-refractivity contribution in [2.75, 3.05) is 20.2 Å². The van der Waals surface area contributed by atoms with Crippen molar-refractivity contribution in [2.45, 2.75) is 38.3 Å². The van der Waals surface area contributed by atoms with Crippen LogP contribution in [0, 0.1) is 5.92 Å². The summed E-state index contributed by atoms with van der Waals surface area (Å²) in [6.45, 7) is 4.01. The van der Waals surface area contributed by atoms with Gasteiger partial charge >= 0.3 is 5.97 Å². The Labute approximate surface area is 146 Å². The number of thiazole rings is 1. The Hall–Kier alpha value is -1.50. The third-order valence-electron chi connectivity index (χ3n) is 4.89. The second-order valence-electron chi connectivity index (χ2n) is 6.47. The van der Waals surface area contributed by atoms with Crippen LogP contribution in [0.3, 0.4) is 0 Å². The number of piperidine rings is 1. The highest BCUT2D eigenvalue weighted by Crippen LogP contribution is 2.26.